The fraction of sp³-hybridized carbons (Fsp3) is 0.636. The summed E-state index contributed by atoms with van der Waals surface area (Å²) < 4.78 is 11.8. The van der Waals surface area contributed by atoms with Crippen LogP contribution in [-0.4, -0.2) is 28.5 Å². The standard InChI is InChI=1S/C11H17BN2O2/c1-8-6-9(7-13-14-8)12-15-10(2,3)11(4,5)16-12/h6-7H,1-5H3. The monoisotopic (exact) mass is 220 g/mol. The maximum atomic E-state index is 5.92. The third-order valence-corrected chi connectivity index (χ3v) is 3.32. The second kappa shape index (κ2) is 3.53. The van der Waals surface area contributed by atoms with Crippen molar-refractivity contribution >= 4 is 12.6 Å². The van der Waals surface area contributed by atoms with Gasteiger partial charge < -0.3 is 9.31 Å². The Kier molecular flexibility index (Phi) is 2.55. The molecule has 0 aromatic carbocycles. The summed E-state index contributed by atoms with van der Waals surface area (Å²) in [7, 11) is -0.348. The van der Waals surface area contributed by atoms with Gasteiger partial charge in [0.2, 0.25) is 0 Å². The van der Waals surface area contributed by atoms with Gasteiger partial charge in [0, 0.05) is 11.7 Å². The van der Waals surface area contributed by atoms with E-state index < -0.39 is 0 Å². The summed E-state index contributed by atoms with van der Waals surface area (Å²) in [5.74, 6) is 0. The molecule has 0 N–H and O–H groups in total. The van der Waals surface area contributed by atoms with E-state index in [-0.39, 0.29) is 18.3 Å². The third-order valence-electron chi connectivity index (χ3n) is 3.32. The van der Waals surface area contributed by atoms with Gasteiger partial charge in [-0.15, -0.1) is 0 Å². The number of aromatic nitrogens is 2. The minimum atomic E-state index is -0.348. The number of aryl methyl sites for hydroxylation is 1. The summed E-state index contributed by atoms with van der Waals surface area (Å²) in [5, 5.41) is 7.84. The van der Waals surface area contributed by atoms with Gasteiger partial charge in [0.1, 0.15) is 0 Å². The second-order valence-electron chi connectivity index (χ2n) is 5.22. The summed E-state index contributed by atoms with van der Waals surface area (Å²) in [4.78, 5) is 0. The van der Waals surface area contributed by atoms with Crippen molar-refractivity contribution < 1.29 is 9.31 Å². The molecule has 5 heteroatoms. The highest BCUT2D eigenvalue weighted by Crippen LogP contribution is 2.36. The molecule has 4 nitrogen and oxygen atoms in total. The Hall–Kier alpha value is -0.935. The number of rotatable bonds is 1. The summed E-state index contributed by atoms with van der Waals surface area (Å²) in [5.41, 5.74) is 1.17. The average Bonchev–Trinajstić information content (AvgIpc) is 2.36. The third kappa shape index (κ3) is 1.85. The van der Waals surface area contributed by atoms with Crippen molar-refractivity contribution in [1.82, 2.24) is 10.2 Å². The molecule has 0 amide bonds. The van der Waals surface area contributed by atoms with Gasteiger partial charge in [-0.1, -0.05) is 0 Å². The van der Waals surface area contributed by atoms with E-state index in [4.69, 9.17) is 9.31 Å². The molecule has 0 spiro atoms. The normalized spacial score (nSPS) is 22.4. The van der Waals surface area contributed by atoms with Crippen LogP contribution in [0.25, 0.3) is 0 Å². The Morgan fingerprint density at radius 2 is 1.69 bits per heavy atom. The molecule has 0 saturated carbocycles. The highest BCUT2D eigenvalue weighted by molar-refractivity contribution is 6.62. The Morgan fingerprint density at radius 1 is 1.12 bits per heavy atom. The van der Waals surface area contributed by atoms with Crippen LogP contribution in [0.4, 0.5) is 0 Å². The molecule has 0 bridgehead atoms. The first-order valence-corrected chi connectivity index (χ1v) is 5.47. The van der Waals surface area contributed by atoms with Gasteiger partial charge in [-0.2, -0.15) is 10.2 Å². The van der Waals surface area contributed by atoms with Gasteiger partial charge in [-0.05, 0) is 40.7 Å². The van der Waals surface area contributed by atoms with Crippen molar-refractivity contribution in [3.05, 3.63) is 18.0 Å². The molecule has 1 aliphatic rings. The van der Waals surface area contributed by atoms with Gasteiger partial charge in [-0.3, -0.25) is 0 Å². The zero-order chi connectivity index (χ0) is 12.0. The molecule has 16 heavy (non-hydrogen) atoms. The first kappa shape index (κ1) is 11.5. The molecular weight excluding hydrogens is 203 g/mol. The maximum Gasteiger partial charge on any atom is 0.496 e. The fourth-order valence-electron chi connectivity index (χ4n) is 1.60. The van der Waals surface area contributed by atoms with Crippen LogP contribution in [0.15, 0.2) is 12.3 Å². The molecule has 1 aliphatic heterocycles. The Bertz CT molecular complexity index is 391. The largest absolute Gasteiger partial charge is 0.496 e. The summed E-state index contributed by atoms with van der Waals surface area (Å²) in [6.45, 7) is 10.0. The zero-order valence-electron chi connectivity index (χ0n) is 10.4. The van der Waals surface area contributed by atoms with Crippen LogP contribution in [0.2, 0.25) is 0 Å². The molecule has 0 aliphatic carbocycles. The minimum Gasteiger partial charge on any atom is -0.399 e. The van der Waals surface area contributed by atoms with Gasteiger partial charge in [0.15, 0.2) is 0 Å². The predicted octanol–water partition coefficient (Wildman–Crippen LogP) is 1.08. The number of hydrogen-bond acceptors (Lipinski definition) is 4. The summed E-state index contributed by atoms with van der Waals surface area (Å²) in [6.07, 6.45) is 1.69. The number of nitrogens with zero attached hydrogens (tertiary/aromatic N) is 2. The minimum absolute atomic E-state index is 0.311. The van der Waals surface area contributed by atoms with Crippen molar-refractivity contribution in [3.8, 4) is 0 Å². The van der Waals surface area contributed by atoms with E-state index in [0.29, 0.717) is 0 Å². The van der Waals surface area contributed by atoms with Crippen LogP contribution in [0.3, 0.4) is 0 Å². The zero-order valence-corrected chi connectivity index (χ0v) is 10.4. The fourth-order valence-corrected chi connectivity index (χ4v) is 1.60. The van der Waals surface area contributed by atoms with Crippen LogP contribution in [-0.2, 0) is 9.31 Å². The van der Waals surface area contributed by atoms with Gasteiger partial charge in [0.25, 0.3) is 0 Å². The van der Waals surface area contributed by atoms with E-state index in [0.717, 1.165) is 11.2 Å². The van der Waals surface area contributed by atoms with Crippen LogP contribution in [0, 0.1) is 6.92 Å². The van der Waals surface area contributed by atoms with Crippen molar-refractivity contribution in [1.29, 1.82) is 0 Å². The Balaban J connectivity index is 2.27. The molecule has 1 saturated heterocycles. The molecule has 1 fully saturated rings. The quantitative estimate of drug-likeness (QED) is 0.664. The first-order valence-electron chi connectivity index (χ1n) is 5.47. The van der Waals surface area contributed by atoms with Crippen molar-refractivity contribution in [2.45, 2.75) is 45.8 Å². The molecule has 0 unspecified atom stereocenters. The van der Waals surface area contributed by atoms with Gasteiger partial charge >= 0.3 is 7.12 Å². The number of hydrogen-bond donors (Lipinski definition) is 0. The van der Waals surface area contributed by atoms with Crippen LogP contribution in [0.1, 0.15) is 33.4 Å². The smallest absolute Gasteiger partial charge is 0.399 e. The average molecular weight is 220 g/mol. The summed E-state index contributed by atoms with van der Waals surface area (Å²) >= 11 is 0. The van der Waals surface area contributed by atoms with E-state index in [2.05, 4.69) is 10.2 Å². The molecule has 1 aromatic heterocycles. The van der Waals surface area contributed by atoms with E-state index in [9.17, 15) is 0 Å². The highest BCUT2D eigenvalue weighted by atomic mass is 16.7. The van der Waals surface area contributed by atoms with E-state index in [1.165, 1.54) is 0 Å². The molecular formula is C11H17BN2O2. The summed E-state index contributed by atoms with van der Waals surface area (Å²) in [6, 6.07) is 1.94. The molecule has 1 aromatic rings. The molecule has 2 rings (SSSR count). The SMILES string of the molecule is Cc1cc(B2OC(C)(C)C(C)(C)O2)cnn1. The Labute approximate surface area is 96.5 Å². The van der Waals surface area contributed by atoms with Gasteiger partial charge in [-0.25, -0.2) is 0 Å². The molecule has 0 atom stereocenters. The van der Waals surface area contributed by atoms with E-state index >= 15 is 0 Å². The van der Waals surface area contributed by atoms with Crippen molar-refractivity contribution in [2.75, 3.05) is 0 Å². The first-order chi connectivity index (χ1) is 7.32. The lowest BCUT2D eigenvalue weighted by Gasteiger charge is -2.32. The topological polar surface area (TPSA) is 44.2 Å². The molecule has 2 heterocycles. The van der Waals surface area contributed by atoms with E-state index in [1.54, 1.807) is 6.20 Å². The van der Waals surface area contributed by atoms with Crippen LogP contribution < -0.4 is 5.46 Å². The molecule has 0 radical (unpaired) electrons. The Morgan fingerprint density at radius 3 is 2.19 bits per heavy atom. The van der Waals surface area contributed by atoms with E-state index in [1.807, 2.05) is 40.7 Å². The van der Waals surface area contributed by atoms with Crippen molar-refractivity contribution in [3.63, 3.8) is 0 Å². The lowest BCUT2D eigenvalue weighted by Crippen LogP contribution is -2.41. The van der Waals surface area contributed by atoms with Crippen LogP contribution in [0.5, 0.6) is 0 Å². The highest BCUT2D eigenvalue weighted by Gasteiger charge is 2.51. The second-order valence-corrected chi connectivity index (χ2v) is 5.22. The maximum absolute atomic E-state index is 5.92. The van der Waals surface area contributed by atoms with Crippen molar-refractivity contribution in [2.24, 2.45) is 0 Å². The lowest BCUT2D eigenvalue weighted by atomic mass is 9.80. The predicted molar refractivity (Wildman–Crippen MR) is 62.5 cm³/mol. The lowest BCUT2D eigenvalue weighted by molar-refractivity contribution is 0.00578. The van der Waals surface area contributed by atoms with Crippen LogP contribution >= 0.6 is 0 Å². The molecule has 86 valence electrons. The van der Waals surface area contributed by atoms with Gasteiger partial charge in [0.05, 0.1) is 16.9 Å².